The van der Waals surface area contributed by atoms with E-state index in [-0.39, 0.29) is 59.6 Å². The van der Waals surface area contributed by atoms with Crippen molar-refractivity contribution in [2.45, 2.75) is 56.8 Å². The van der Waals surface area contributed by atoms with Crippen molar-refractivity contribution in [1.29, 1.82) is 0 Å². The Labute approximate surface area is 219 Å². The quantitative estimate of drug-likeness (QED) is 0.361. The van der Waals surface area contributed by atoms with Crippen LogP contribution in [0.1, 0.15) is 55.1 Å². The summed E-state index contributed by atoms with van der Waals surface area (Å²) in [4.78, 5) is 20.2. The van der Waals surface area contributed by atoms with Crippen LogP contribution in [-0.2, 0) is 24.0 Å². The third-order valence-corrected chi connectivity index (χ3v) is 7.21. The number of hydrogen-bond acceptors (Lipinski definition) is 7. The minimum Gasteiger partial charge on any atom is -0.484 e. The summed E-state index contributed by atoms with van der Waals surface area (Å²) in [5.74, 6) is 0.500. The molecule has 3 aliphatic carbocycles. The lowest BCUT2D eigenvalue weighted by atomic mass is 9.76. The number of hydrogen-bond donors (Lipinski definition) is 1. The Morgan fingerprint density at radius 2 is 2.00 bits per heavy atom. The third kappa shape index (κ3) is 5.40. The van der Waals surface area contributed by atoms with Gasteiger partial charge in [-0.3, -0.25) is 4.79 Å². The summed E-state index contributed by atoms with van der Waals surface area (Å²) in [5.41, 5.74) is -1.00. The van der Waals surface area contributed by atoms with Crippen LogP contribution in [0.25, 0.3) is 0 Å². The maximum atomic E-state index is 13.9. The van der Waals surface area contributed by atoms with E-state index in [0.717, 1.165) is 25.1 Å². The summed E-state index contributed by atoms with van der Waals surface area (Å²) in [6, 6.07) is 5.57. The largest absolute Gasteiger partial charge is 0.484 e. The molecule has 3 aliphatic rings. The highest BCUT2D eigenvalue weighted by Crippen LogP contribution is 2.59. The van der Waals surface area contributed by atoms with Crippen molar-refractivity contribution in [2.75, 3.05) is 6.61 Å². The summed E-state index contributed by atoms with van der Waals surface area (Å²) >= 11 is 5.66. The number of benzene rings is 1. The van der Waals surface area contributed by atoms with E-state index >= 15 is 0 Å². The maximum absolute atomic E-state index is 13.9. The van der Waals surface area contributed by atoms with E-state index < -0.39 is 16.9 Å². The smallest absolute Gasteiger partial charge is 0.434 e. The number of nitrogens with zero attached hydrogens (tertiary/aromatic N) is 3. The van der Waals surface area contributed by atoms with Crippen LogP contribution in [0.2, 0.25) is 5.02 Å². The normalized spacial score (nSPS) is 22.2. The lowest BCUT2D eigenvalue weighted by molar-refractivity contribution is -0.141. The van der Waals surface area contributed by atoms with E-state index in [4.69, 9.17) is 25.6 Å². The first-order valence-electron chi connectivity index (χ1n) is 12.0. The second-order valence-electron chi connectivity index (χ2n) is 9.54. The average molecular weight is 555 g/mol. The third-order valence-electron chi connectivity index (χ3n) is 6.92. The Balaban J connectivity index is 1.12. The average Bonchev–Trinajstić information content (AvgIpc) is 3.54. The lowest BCUT2D eigenvalue weighted by Crippen LogP contribution is -2.53. The first-order valence-corrected chi connectivity index (χ1v) is 12.3. The molecule has 3 saturated carbocycles. The minimum absolute atomic E-state index is 0.0328. The molecule has 6 rings (SSSR count). The van der Waals surface area contributed by atoms with Crippen LogP contribution >= 0.6 is 11.6 Å². The van der Waals surface area contributed by atoms with Gasteiger partial charge in [-0.05, 0) is 43.2 Å². The highest BCUT2D eigenvalue weighted by molar-refractivity contribution is 6.31. The van der Waals surface area contributed by atoms with E-state index in [1.54, 1.807) is 12.1 Å². The molecule has 8 nitrogen and oxygen atoms in total. The summed E-state index contributed by atoms with van der Waals surface area (Å²) in [6.45, 7) is 1.48. The van der Waals surface area contributed by atoms with Crippen molar-refractivity contribution in [3.05, 3.63) is 64.3 Å². The Bertz CT molecular complexity index is 1340. The van der Waals surface area contributed by atoms with Gasteiger partial charge >= 0.3 is 6.18 Å². The van der Waals surface area contributed by atoms with Gasteiger partial charge in [0.1, 0.15) is 17.3 Å². The summed E-state index contributed by atoms with van der Waals surface area (Å²) < 4.78 is 68.6. The van der Waals surface area contributed by atoms with Gasteiger partial charge in [-0.15, -0.1) is 0 Å². The topological polar surface area (TPSA) is 99.4 Å². The van der Waals surface area contributed by atoms with E-state index in [1.807, 2.05) is 6.92 Å². The molecular formula is C25H23ClF4N4O4. The zero-order chi connectivity index (χ0) is 27.1. The second kappa shape index (κ2) is 10.0. The number of aromatic nitrogens is 3. The maximum Gasteiger partial charge on any atom is 0.434 e. The fraction of sp³-hybridized carbons (Fsp3) is 0.440. The number of nitrogens with one attached hydrogen (secondary N) is 1. The number of alkyl halides is 3. The van der Waals surface area contributed by atoms with Gasteiger partial charge in [0.15, 0.2) is 18.9 Å². The summed E-state index contributed by atoms with van der Waals surface area (Å²) in [6.07, 6.45) is -1.04. The zero-order valence-electron chi connectivity index (χ0n) is 20.1. The van der Waals surface area contributed by atoms with Crippen molar-refractivity contribution in [3.63, 3.8) is 0 Å². The standard InChI is InChI=1S/C25H23ClF4N4O4/c1-2-13-3-4-15(6-19(13)27)37-12-21(35)33-24-7-14(8-24)17(9-24)23-32-20(34-38-23)11-36-16-5-18(26)22(31-10-16)25(28,29)30/h3-6,10,14,17H,2,7-9,11-12H2,1H3,(H,33,35). The number of fused-ring (bicyclic) bond motifs is 1. The highest BCUT2D eigenvalue weighted by atomic mass is 35.5. The molecule has 0 saturated heterocycles. The number of ether oxygens (including phenoxy) is 2. The predicted octanol–water partition coefficient (Wildman–Crippen LogP) is 5.25. The summed E-state index contributed by atoms with van der Waals surface area (Å²) in [5, 5.41) is 6.35. The highest BCUT2D eigenvalue weighted by Gasteiger charge is 2.58. The SMILES string of the molecule is CCc1ccc(OCC(=O)NC23CC(C2)C(c2nc(COc4cnc(C(F)(F)F)c(Cl)c4)no2)C3)cc1F. The molecule has 1 unspecified atom stereocenters. The first-order chi connectivity index (χ1) is 18.0. The van der Waals surface area contributed by atoms with Gasteiger partial charge in [-0.25, -0.2) is 9.37 Å². The molecule has 1 aromatic carbocycles. The van der Waals surface area contributed by atoms with Gasteiger partial charge in [0, 0.05) is 23.6 Å². The van der Waals surface area contributed by atoms with E-state index in [1.165, 1.54) is 6.07 Å². The van der Waals surface area contributed by atoms with Crippen LogP contribution in [0.4, 0.5) is 17.6 Å². The molecule has 0 spiro atoms. The van der Waals surface area contributed by atoms with Crippen LogP contribution in [0.15, 0.2) is 35.0 Å². The molecular weight excluding hydrogens is 532 g/mol. The number of aryl methyl sites for hydroxylation is 1. The Morgan fingerprint density at radius 1 is 1.21 bits per heavy atom. The molecule has 2 bridgehead atoms. The number of amides is 1. The molecule has 0 radical (unpaired) electrons. The van der Waals surface area contributed by atoms with Gasteiger partial charge in [0.2, 0.25) is 11.7 Å². The van der Waals surface area contributed by atoms with E-state index in [2.05, 4.69) is 20.4 Å². The summed E-state index contributed by atoms with van der Waals surface area (Å²) in [7, 11) is 0. The predicted molar refractivity (Wildman–Crippen MR) is 125 cm³/mol. The van der Waals surface area contributed by atoms with Crippen molar-refractivity contribution < 1.29 is 36.4 Å². The Hall–Kier alpha value is -3.41. The van der Waals surface area contributed by atoms with Crippen molar-refractivity contribution in [2.24, 2.45) is 5.92 Å². The minimum atomic E-state index is -4.66. The molecule has 3 aromatic rings. The number of rotatable bonds is 9. The Kier molecular flexibility index (Phi) is 6.93. The fourth-order valence-corrected chi connectivity index (χ4v) is 5.41. The molecule has 1 N–H and O–H groups in total. The van der Waals surface area contributed by atoms with Gasteiger partial charge in [0.25, 0.3) is 5.91 Å². The monoisotopic (exact) mass is 554 g/mol. The lowest BCUT2D eigenvalue weighted by Gasteiger charge is -2.39. The van der Waals surface area contributed by atoms with Crippen LogP contribution in [0.3, 0.4) is 0 Å². The number of pyridine rings is 1. The molecule has 1 atom stereocenters. The number of halogens is 5. The van der Waals surface area contributed by atoms with E-state index in [9.17, 15) is 22.4 Å². The molecule has 2 aromatic heterocycles. The number of carbonyl (C=O) groups is 1. The fourth-order valence-electron chi connectivity index (χ4n) is 5.14. The molecule has 1 amide bonds. The molecule has 202 valence electrons. The van der Waals surface area contributed by atoms with Gasteiger partial charge < -0.3 is 19.3 Å². The Morgan fingerprint density at radius 3 is 2.68 bits per heavy atom. The van der Waals surface area contributed by atoms with Crippen molar-refractivity contribution >= 4 is 17.5 Å². The molecule has 3 fully saturated rings. The molecule has 13 heteroatoms. The van der Waals surface area contributed by atoms with Gasteiger partial charge in [0.05, 0.1) is 11.2 Å². The van der Waals surface area contributed by atoms with Crippen LogP contribution in [-0.4, -0.2) is 33.2 Å². The number of carbonyl (C=O) groups excluding carboxylic acids is 1. The van der Waals surface area contributed by atoms with Crippen molar-refractivity contribution in [3.8, 4) is 11.5 Å². The van der Waals surface area contributed by atoms with Crippen LogP contribution < -0.4 is 14.8 Å². The van der Waals surface area contributed by atoms with Gasteiger partial charge in [-0.1, -0.05) is 29.7 Å². The van der Waals surface area contributed by atoms with Crippen LogP contribution in [0.5, 0.6) is 11.5 Å². The zero-order valence-corrected chi connectivity index (χ0v) is 20.9. The molecule has 0 aliphatic heterocycles. The van der Waals surface area contributed by atoms with Gasteiger partial charge in [-0.2, -0.15) is 18.2 Å². The molecule has 2 heterocycles. The molecule has 38 heavy (non-hydrogen) atoms. The van der Waals surface area contributed by atoms with Crippen LogP contribution in [0, 0.1) is 11.7 Å². The second-order valence-corrected chi connectivity index (χ2v) is 9.95. The van der Waals surface area contributed by atoms with Crippen molar-refractivity contribution in [1.82, 2.24) is 20.4 Å². The first kappa shape index (κ1) is 26.2. The van der Waals surface area contributed by atoms with E-state index in [0.29, 0.717) is 24.3 Å².